The predicted molar refractivity (Wildman–Crippen MR) is 88.6 cm³/mol. The van der Waals surface area contributed by atoms with Crippen LogP contribution in [0, 0.1) is 0 Å². The number of anilines is 1. The number of benzene rings is 1. The molecule has 0 spiro atoms. The molecule has 1 aromatic carbocycles. The fourth-order valence-electron chi connectivity index (χ4n) is 3.06. The van der Waals surface area contributed by atoms with E-state index >= 15 is 0 Å². The maximum absolute atomic E-state index is 12.5. The van der Waals surface area contributed by atoms with E-state index in [9.17, 15) is 9.90 Å². The third-order valence-corrected chi connectivity index (χ3v) is 4.22. The van der Waals surface area contributed by atoms with Gasteiger partial charge in [0.2, 0.25) is 0 Å². The zero-order chi connectivity index (χ0) is 16.4. The van der Waals surface area contributed by atoms with Crippen LogP contribution in [0.5, 0.6) is 0 Å². The molecule has 2 amide bonds. The lowest BCUT2D eigenvalue weighted by Gasteiger charge is -2.33. The maximum atomic E-state index is 12.5. The van der Waals surface area contributed by atoms with Crippen LogP contribution < -0.4 is 5.32 Å². The number of urea groups is 1. The van der Waals surface area contributed by atoms with E-state index in [0.29, 0.717) is 6.54 Å². The van der Waals surface area contributed by atoms with Gasteiger partial charge in [0.05, 0.1) is 17.3 Å². The van der Waals surface area contributed by atoms with Crippen molar-refractivity contribution in [1.82, 2.24) is 14.7 Å². The number of hydrogen-bond acceptors (Lipinski definition) is 3. The van der Waals surface area contributed by atoms with E-state index in [2.05, 4.69) is 10.4 Å². The van der Waals surface area contributed by atoms with Crippen molar-refractivity contribution in [3.63, 3.8) is 0 Å². The van der Waals surface area contributed by atoms with Gasteiger partial charge in [-0.3, -0.25) is 0 Å². The molecule has 1 fully saturated rings. The Morgan fingerprint density at radius 3 is 2.70 bits per heavy atom. The van der Waals surface area contributed by atoms with Gasteiger partial charge in [-0.05, 0) is 57.0 Å². The molecule has 1 aliphatic heterocycles. The van der Waals surface area contributed by atoms with Crippen molar-refractivity contribution in [3.05, 3.63) is 42.7 Å². The summed E-state index contributed by atoms with van der Waals surface area (Å²) in [6.07, 6.45) is 5.33. The molecular formula is C17H22N4O2. The summed E-state index contributed by atoms with van der Waals surface area (Å²) in [5.41, 5.74) is 0.772. The number of nitrogens with zero attached hydrogens (tertiary/aromatic N) is 3. The second-order valence-electron chi connectivity index (χ2n) is 6.43. The number of hydrogen-bond donors (Lipinski definition) is 2. The van der Waals surface area contributed by atoms with Crippen molar-refractivity contribution in [2.75, 3.05) is 11.9 Å². The largest absolute Gasteiger partial charge is 0.388 e. The fraction of sp³-hybridized carbons (Fsp3) is 0.412. The molecule has 122 valence electrons. The van der Waals surface area contributed by atoms with Gasteiger partial charge in [0.25, 0.3) is 0 Å². The third kappa shape index (κ3) is 3.37. The first-order chi connectivity index (χ1) is 10.9. The van der Waals surface area contributed by atoms with Crippen LogP contribution in [-0.2, 0) is 0 Å². The first kappa shape index (κ1) is 15.6. The molecule has 6 heteroatoms. The van der Waals surface area contributed by atoms with Gasteiger partial charge in [-0.15, -0.1) is 0 Å². The highest BCUT2D eigenvalue weighted by molar-refractivity contribution is 5.89. The Morgan fingerprint density at radius 2 is 2.09 bits per heavy atom. The highest BCUT2D eigenvalue weighted by Gasteiger charge is 2.38. The van der Waals surface area contributed by atoms with E-state index in [1.54, 1.807) is 29.6 Å². The standard InChI is InChI=1S/C17H22N4O2/c1-17(2,23)15-5-3-11-20(15)16(22)19-13-6-8-14(9-7-13)21-12-4-10-18-21/h4,6-10,12,15,23H,3,5,11H2,1-2H3,(H,19,22). The van der Waals surface area contributed by atoms with E-state index in [4.69, 9.17) is 0 Å². The molecule has 1 atom stereocenters. The van der Waals surface area contributed by atoms with E-state index in [1.165, 1.54) is 0 Å². The van der Waals surface area contributed by atoms with Gasteiger partial charge in [0, 0.05) is 24.6 Å². The number of carbonyl (C=O) groups excluding carboxylic acids is 1. The summed E-state index contributed by atoms with van der Waals surface area (Å²) >= 11 is 0. The Labute approximate surface area is 135 Å². The summed E-state index contributed by atoms with van der Waals surface area (Å²) in [7, 11) is 0. The van der Waals surface area contributed by atoms with Crippen LogP contribution in [-0.4, -0.2) is 44.0 Å². The van der Waals surface area contributed by atoms with Crippen LogP contribution in [0.3, 0.4) is 0 Å². The summed E-state index contributed by atoms with van der Waals surface area (Å²) in [6, 6.07) is 9.06. The van der Waals surface area contributed by atoms with Gasteiger partial charge in [-0.2, -0.15) is 5.10 Å². The zero-order valence-corrected chi connectivity index (χ0v) is 13.4. The normalized spacial score (nSPS) is 18.2. The van der Waals surface area contributed by atoms with Crippen LogP contribution in [0.2, 0.25) is 0 Å². The predicted octanol–water partition coefficient (Wildman–Crippen LogP) is 2.64. The number of carbonyl (C=O) groups is 1. The van der Waals surface area contributed by atoms with Crippen molar-refractivity contribution in [2.45, 2.75) is 38.3 Å². The molecule has 1 saturated heterocycles. The van der Waals surface area contributed by atoms with Gasteiger partial charge >= 0.3 is 6.03 Å². The Hall–Kier alpha value is -2.34. The number of rotatable bonds is 3. The number of nitrogens with one attached hydrogen (secondary N) is 1. The molecule has 0 aliphatic carbocycles. The molecule has 1 aromatic heterocycles. The molecule has 23 heavy (non-hydrogen) atoms. The third-order valence-electron chi connectivity index (χ3n) is 4.22. The van der Waals surface area contributed by atoms with Crippen molar-refractivity contribution < 1.29 is 9.90 Å². The molecule has 0 saturated carbocycles. The molecular weight excluding hydrogens is 292 g/mol. The highest BCUT2D eigenvalue weighted by Crippen LogP contribution is 2.27. The van der Waals surface area contributed by atoms with Crippen molar-refractivity contribution >= 4 is 11.7 Å². The van der Waals surface area contributed by atoms with Gasteiger partial charge in [0.15, 0.2) is 0 Å². The first-order valence-electron chi connectivity index (χ1n) is 7.85. The SMILES string of the molecule is CC(C)(O)C1CCCN1C(=O)Nc1ccc(-n2cccn2)cc1. The monoisotopic (exact) mass is 314 g/mol. The number of aliphatic hydroxyl groups is 1. The van der Waals surface area contributed by atoms with E-state index in [-0.39, 0.29) is 12.1 Å². The van der Waals surface area contributed by atoms with Crippen molar-refractivity contribution in [3.8, 4) is 5.69 Å². The lowest BCUT2D eigenvalue weighted by atomic mass is 9.97. The topological polar surface area (TPSA) is 70.4 Å². The maximum Gasteiger partial charge on any atom is 0.322 e. The summed E-state index contributed by atoms with van der Waals surface area (Å²) < 4.78 is 1.76. The smallest absolute Gasteiger partial charge is 0.322 e. The van der Waals surface area contributed by atoms with Crippen LogP contribution in [0.15, 0.2) is 42.7 Å². The summed E-state index contributed by atoms with van der Waals surface area (Å²) in [6.45, 7) is 4.18. The van der Waals surface area contributed by atoms with Crippen LogP contribution in [0.1, 0.15) is 26.7 Å². The average Bonchev–Trinajstić information content (AvgIpc) is 3.19. The minimum Gasteiger partial charge on any atom is -0.388 e. The molecule has 0 radical (unpaired) electrons. The second kappa shape index (κ2) is 6.04. The molecule has 3 rings (SSSR count). The van der Waals surface area contributed by atoms with Gasteiger partial charge in [0.1, 0.15) is 0 Å². The minimum atomic E-state index is -0.891. The molecule has 2 N–H and O–H groups in total. The Morgan fingerprint density at radius 1 is 1.35 bits per heavy atom. The van der Waals surface area contributed by atoms with Crippen molar-refractivity contribution in [1.29, 1.82) is 0 Å². The van der Waals surface area contributed by atoms with E-state index in [0.717, 1.165) is 24.2 Å². The lowest BCUT2D eigenvalue weighted by molar-refractivity contribution is 0.0117. The molecule has 1 aliphatic rings. The Balaban J connectivity index is 1.68. The highest BCUT2D eigenvalue weighted by atomic mass is 16.3. The first-order valence-corrected chi connectivity index (χ1v) is 7.85. The average molecular weight is 314 g/mol. The van der Waals surface area contributed by atoms with Gasteiger partial charge in [-0.25, -0.2) is 9.48 Å². The number of likely N-dealkylation sites (tertiary alicyclic amines) is 1. The van der Waals surface area contributed by atoms with E-state index < -0.39 is 5.60 Å². The Kier molecular flexibility index (Phi) is 4.09. The minimum absolute atomic E-state index is 0.147. The molecule has 2 aromatic rings. The quantitative estimate of drug-likeness (QED) is 0.915. The summed E-state index contributed by atoms with van der Waals surface area (Å²) in [4.78, 5) is 14.2. The summed E-state index contributed by atoms with van der Waals surface area (Å²) in [5, 5.41) is 17.3. The zero-order valence-electron chi connectivity index (χ0n) is 13.4. The lowest BCUT2D eigenvalue weighted by Crippen LogP contribution is -2.49. The van der Waals surface area contributed by atoms with Gasteiger partial charge < -0.3 is 15.3 Å². The van der Waals surface area contributed by atoms with Crippen molar-refractivity contribution in [2.24, 2.45) is 0 Å². The van der Waals surface area contributed by atoms with Crippen LogP contribution >= 0.6 is 0 Å². The van der Waals surface area contributed by atoms with Gasteiger partial charge in [-0.1, -0.05) is 0 Å². The number of aromatic nitrogens is 2. The molecule has 1 unspecified atom stereocenters. The number of amides is 2. The van der Waals surface area contributed by atoms with Crippen LogP contribution in [0.4, 0.5) is 10.5 Å². The molecule has 6 nitrogen and oxygen atoms in total. The Bertz CT molecular complexity index is 659. The van der Waals surface area contributed by atoms with Crippen LogP contribution in [0.25, 0.3) is 5.69 Å². The fourth-order valence-corrected chi connectivity index (χ4v) is 3.06. The molecule has 2 heterocycles. The second-order valence-corrected chi connectivity index (χ2v) is 6.43. The van der Waals surface area contributed by atoms with E-state index in [1.807, 2.05) is 36.5 Å². The summed E-state index contributed by atoms with van der Waals surface area (Å²) in [5.74, 6) is 0. The molecule has 0 bridgehead atoms.